The molecule has 0 aliphatic rings. The summed E-state index contributed by atoms with van der Waals surface area (Å²) in [6.45, 7) is 2.28. The van der Waals surface area contributed by atoms with Crippen LogP contribution in [0.15, 0.2) is 54.6 Å². The van der Waals surface area contributed by atoms with E-state index in [9.17, 15) is 0 Å². The molecule has 2 N–H and O–H groups in total. The topological polar surface area (TPSA) is 35.1 Å². The van der Waals surface area contributed by atoms with E-state index < -0.39 is 0 Å². The lowest BCUT2D eigenvalue weighted by Gasteiger charge is -2.08. The number of quaternary nitrogens is 1. The molecule has 0 unspecified atom stereocenters. The normalized spacial score (nSPS) is 10.2. The lowest BCUT2D eigenvalue weighted by molar-refractivity contribution is -0.627. The first-order valence-electron chi connectivity index (χ1n) is 6.56. The summed E-state index contributed by atoms with van der Waals surface area (Å²) in [5.74, 6) is 1.74. The Labute approximate surface area is 114 Å². The number of hydrogen-bond donors (Lipinski definition) is 1. The molecular weight excluding hydrogens is 238 g/mol. The highest BCUT2D eigenvalue weighted by atomic mass is 16.5. The Morgan fingerprint density at radius 3 is 2.11 bits per heavy atom. The van der Waals surface area contributed by atoms with Crippen LogP contribution in [0, 0.1) is 0 Å². The molecule has 19 heavy (non-hydrogen) atoms. The summed E-state index contributed by atoms with van der Waals surface area (Å²) in [5.41, 5.74) is 1.17. The first-order chi connectivity index (χ1) is 9.38. The summed E-state index contributed by atoms with van der Waals surface area (Å²) in [7, 11) is 2.03. The average molecular weight is 258 g/mol. The van der Waals surface area contributed by atoms with Crippen LogP contribution in [0.2, 0.25) is 0 Å². The third-order valence-electron chi connectivity index (χ3n) is 2.75. The number of nitrogens with two attached hydrogens (primary N) is 1. The minimum absolute atomic E-state index is 0.589. The number of hydrogen-bond acceptors (Lipinski definition) is 2. The van der Waals surface area contributed by atoms with Crippen LogP contribution in [-0.4, -0.2) is 20.2 Å². The van der Waals surface area contributed by atoms with Crippen molar-refractivity contribution < 1.29 is 14.8 Å². The Bertz CT molecular complexity index is 468. The fraction of sp³-hybridized carbons (Fsp3) is 0.250. The van der Waals surface area contributed by atoms with Gasteiger partial charge in [0.05, 0.1) is 7.05 Å². The number of ether oxygens (including phenoxy) is 2. The second kappa shape index (κ2) is 7.44. The molecule has 0 fully saturated rings. The van der Waals surface area contributed by atoms with Gasteiger partial charge in [0, 0.05) is 0 Å². The lowest BCUT2D eigenvalue weighted by atomic mass is 10.2. The fourth-order valence-electron chi connectivity index (χ4n) is 1.67. The molecule has 2 aromatic rings. The smallest absolute Gasteiger partial charge is 0.137 e. The summed E-state index contributed by atoms with van der Waals surface area (Å²) in [6, 6.07) is 17.9. The molecule has 0 amide bonds. The number of likely N-dealkylation sites (N-methyl/N-ethyl adjacent to an activating group) is 1. The molecule has 0 bridgehead atoms. The predicted octanol–water partition coefficient (Wildman–Crippen LogP) is 1.84. The number of rotatable bonds is 7. The van der Waals surface area contributed by atoms with Gasteiger partial charge in [-0.05, 0) is 29.8 Å². The van der Waals surface area contributed by atoms with Gasteiger partial charge in [0.2, 0.25) is 0 Å². The van der Waals surface area contributed by atoms with Crippen molar-refractivity contribution in [1.82, 2.24) is 0 Å². The zero-order valence-corrected chi connectivity index (χ0v) is 11.2. The highest BCUT2D eigenvalue weighted by Gasteiger charge is 1.97. The van der Waals surface area contributed by atoms with E-state index in [4.69, 9.17) is 9.47 Å². The fourth-order valence-corrected chi connectivity index (χ4v) is 1.67. The third kappa shape index (κ3) is 4.64. The molecule has 0 heterocycles. The van der Waals surface area contributed by atoms with Crippen LogP contribution in [0.25, 0.3) is 0 Å². The Morgan fingerprint density at radius 1 is 0.842 bits per heavy atom. The third-order valence-corrected chi connectivity index (χ3v) is 2.75. The van der Waals surface area contributed by atoms with Gasteiger partial charge in [-0.3, -0.25) is 0 Å². The number of benzene rings is 2. The Balaban J connectivity index is 1.81. The molecule has 3 heteroatoms. The minimum Gasteiger partial charge on any atom is -0.489 e. The summed E-state index contributed by atoms with van der Waals surface area (Å²) < 4.78 is 11.3. The molecule has 0 aromatic heterocycles. The van der Waals surface area contributed by atoms with Gasteiger partial charge in [0.15, 0.2) is 0 Å². The van der Waals surface area contributed by atoms with Crippen molar-refractivity contribution in [1.29, 1.82) is 0 Å². The molecular formula is C16H20NO2+. The maximum atomic E-state index is 5.71. The lowest BCUT2D eigenvalue weighted by Crippen LogP contribution is -2.80. The first-order valence-corrected chi connectivity index (χ1v) is 6.56. The van der Waals surface area contributed by atoms with Gasteiger partial charge >= 0.3 is 0 Å². The van der Waals surface area contributed by atoms with Gasteiger partial charge in [-0.1, -0.05) is 30.3 Å². The zero-order valence-electron chi connectivity index (χ0n) is 11.2. The maximum Gasteiger partial charge on any atom is 0.137 e. The van der Waals surface area contributed by atoms with Crippen LogP contribution < -0.4 is 14.8 Å². The molecule has 2 aromatic carbocycles. The van der Waals surface area contributed by atoms with E-state index in [0.29, 0.717) is 6.61 Å². The second-order valence-electron chi connectivity index (χ2n) is 4.29. The SMILES string of the molecule is C[NH2+]CCOc1ccc(OCc2ccccc2)cc1. The van der Waals surface area contributed by atoms with Crippen molar-refractivity contribution in [2.45, 2.75) is 6.61 Å². The van der Waals surface area contributed by atoms with Crippen LogP contribution in [0.5, 0.6) is 11.5 Å². The summed E-state index contributed by atoms with van der Waals surface area (Å²) in [6.07, 6.45) is 0. The largest absolute Gasteiger partial charge is 0.489 e. The molecule has 100 valence electrons. The predicted molar refractivity (Wildman–Crippen MR) is 75.4 cm³/mol. The first kappa shape index (κ1) is 13.4. The average Bonchev–Trinajstić information content (AvgIpc) is 2.48. The van der Waals surface area contributed by atoms with Crippen molar-refractivity contribution in [3.8, 4) is 11.5 Å². The summed E-state index contributed by atoms with van der Waals surface area (Å²) in [4.78, 5) is 0. The van der Waals surface area contributed by atoms with Gasteiger partial charge in [0.25, 0.3) is 0 Å². The maximum absolute atomic E-state index is 5.71. The van der Waals surface area contributed by atoms with Gasteiger partial charge in [-0.25, -0.2) is 0 Å². The van der Waals surface area contributed by atoms with Gasteiger partial charge in [-0.2, -0.15) is 0 Å². The van der Waals surface area contributed by atoms with Crippen molar-refractivity contribution in [2.75, 3.05) is 20.2 Å². The molecule has 0 atom stereocenters. The zero-order chi connectivity index (χ0) is 13.3. The highest BCUT2D eigenvalue weighted by Crippen LogP contribution is 2.18. The molecule has 3 nitrogen and oxygen atoms in total. The molecule has 0 saturated heterocycles. The van der Waals surface area contributed by atoms with Gasteiger partial charge in [-0.15, -0.1) is 0 Å². The summed E-state index contributed by atoms with van der Waals surface area (Å²) in [5, 5.41) is 2.09. The summed E-state index contributed by atoms with van der Waals surface area (Å²) >= 11 is 0. The van der Waals surface area contributed by atoms with Crippen molar-refractivity contribution in [2.24, 2.45) is 0 Å². The van der Waals surface area contributed by atoms with Crippen LogP contribution in [0.4, 0.5) is 0 Å². The van der Waals surface area contributed by atoms with Crippen molar-refractivity contribution >= 4 is 0 Å². The minimum atomic E-state index is 0.589. The molecule has 2 rings (SSSR count). The standard InChI is InChI=1S/C16H19NO2/c1-17-11-12-18-15-7-9-16(10-8-15)19-13-14-5-3-2-4-6-14/h2-10,17H,11-13H2,1H3/p+1. The van der Waals surface area contributed by atoms with Crippen LogP contribution in [-0.2, 0) is 6.61 Å². The quantitative estimate of drug-likeness (QED) is 0.769. The Hall–Kier alpha value is -2.00. The molecule has 0 radical (unpaired) electrons. The van der Waals surface area contributed by atoms with Crippen LogP contribution >= 0.6 is 0 Å². The Morgan fingerprint density at radius 2 is 1.47 bits per heavy atom. The van der Waals surface area contributed by atoms with E-state index in [1.54, 1.807) is 0 Å². The Kier molecular flexibility index (Phi) is 5.26. The van der Waals surface area contributed by atoms with Crippen molar-refractivity contribution in [3.05, 3.63) is 60.2 Å². The van der Waals surface area contributed by atoms with E-state index >= 15 is 0 Å². The molecule has 0 aliphatic carbocycles. The van der Waals surface area contributed by atoms with E-state index in [1.807, 2.05) is 49.5 Å². The van der Waals surface area contributed by atoms with Crippen LogP contribution in [0.1, 0.15) is 5.56 Å². The van der Waals surface area contributed by atoms with E-state index in [2.05, 4.69) is 17.4 Å². The van der Waals surface area contributed by atoms with E-state index in [1.165, 1.54) is 5.56 Å². The highest BCUT2D eigenvalue weighted by molar-refractivity contribution is 5.31. The molecule has 0 spiro atoms. The monoisotopic (exact) mass is 258 g/mol. The van der Waals surface area contributed by atoms with Crippen molar-refractivity contribution in [3.63, 3.8) is 0 Å². The molecule has 0 aliphatic heterocycles. The van der Waals surface area contributed by atoms with Gasteiger partial charge < -0.3 is 14.8 Å². The van der Waals surface area contributed by atoms with E-state index in [0.717, 1.165) is 24.7 Å². The van der Waals surface area contributed by atoms with Gasteiger partial charge in [0.1, 0.15) is 31.3 Å². The van der Waals surface area contributed by atoms with E-state index in [-0.39, 0.29) is 0 Å². The van der Waals surface area contributed by atoms with Crippen LogP contribution in [0.3, 0.4) is 0 Å². The second-order valence-corrected chi connectivity index (χ2v) is 4.29. The molecule has 0 saturated carbocycles.